The van der Waals surface area contributed by atoms with Crippen molar-refractivity contribution >= 4 is 0 Å². The maximum Gasteiger partial charge on any atom is -0.0121 e. The van der Waals surface area contributed by atoms with Crippen molar-refractivity contribution in [3.63, 3.8) is 0 Å². The van der Waals surface area contributed by atoms with Crippen LogP contribution in [0.3, 0.4) is 0 Å². The third-order valence-corrected chi connectivity index (χ3v) is 2.97. The van der Waals surface area contributed by atoms with Crippen LogP contribution in [0.2, 0.25) is 0 Å². The average molecular weight is 217 g/mol. The summed E-state index contributed by atoms with van der Waals surface area (Å²) in [6.45, 7) is 15.9. The van der Waals surface area contributed by atoms with E-state index in [1.807, 2.05) is 0 Å². The molecule has 1 aromatic carbocycles. The van der Waals surface area contributed by atoms with Gasteiger partial charge in [0, 0.05) is 0 Å². The Morgan fingerprint density at radius 3 is 1.81 bits per heavy atom. The fourth-order valence-electron chi connectivity index (χ4n) is 2.27. The summed E-state index contributed by atoms with van der Waals surface area (Å²) >= 11 is 0. The molecule has 0 aliphatic carbocycles. The monoisotopic (exact) mass is 217 g/mol. The van der Waals surface area contributed by atoms with Crippen LogP contribution in [0.5, 0.6) is 0 Å². The number of hydrogen-bond acceptors (Lipinski definition) is 0. The Morgan fingerprint density at radius 2 is 1.44 bits per heavy atom. The zero-order chi connectivity index (χ0) is 12.6. The highest BCUT2D eigenvalue weighted by Gasteiger charge is 2.26. The summed E-state index contributed by atoms with van der Waals surface area (Å²) in [5, 5.41) is 0. The highest BCUT2D eigenvalue weighted by atomic mass is 14.3. The summed E-state index contributed by atoms with van der Waals surface area (Å²) in [5.41, 5.74) is 4.74. The second-order valence-electron chi connectivity index (χ2n) is 6.56. The molecule has 0 bridgehead atoms. The first-order valence-electron chi connectivity index (χ1n) is 6.11. The van der Waals surface area contributed by atoms with Crippen molar-refractivity contribution in [3.05, 3.63) is 41.3 Å². The fourth-order valence-corrected chi connectivity index (χ4v) is 2.27. The van der Waals surface area contributed by atoms with Crippen molar-refractivity contribution in [1.29, 1.82) is 0 Å². The highest BCUT2D eigenvalue weighted by Crippen LogP contribution is 2.36. The molecule has 0 saturated heterocycles. The van der Waals surface area contributed by atoms with Gasteiger partial charge in [-0.3, -0.25) is 0 Å². The summed E-state index contributed by atoms with van der Waals surface area (Å²) in [4.78, 5) is 0. The van der Waals surface area contributed by atoms with Crippen LogP contribution < -0.4 is 0 Å². The molecule has 1 rings (SSSR count). The van der Waals surface area contributed by atoms with Crippen LogP contribution in [0.25, 0.3) is 0 Å². The molecule has 0 aromatic heterocycles. The average Bonchev–Trinajstić information content (AvgIpc) is 2.13. The van der Waals surface area contributed by atoms with Crippen molar-refractivity contribution in [2.45, 2.75) is 59.3 Å². The van der Waals surface area contributed by atoms with Gasteiger partial charge in [-0.2, -0.15) is 0 Å². The third kappa shape index (κ3) is 2.66. The molecule has 89 valence electrons. The summed E-state index contributed by atoms with van der Waals surface area (Å²) in [6.07, 6.45) is 2.22. The Bertz CT molecular complexity index is 359. The first-order chi connectivity index (χ1) is 7.18. The molecular formula is C16H25. The van der Waals surface area contributed by atoms with Gasteiger partial charge in [-0.15, -0.1) is 0 Å². The van der Waals surface area contributed by atoms with E-state index < -0.39 is 0 Å². The second kappa shape index (κ2) is 4.24. The van der Waals surface area contributed by atoms with Crippen molar-refractivity contribution in [2.75, 3.05) is 0 Å². The van der Waals surface area contributed by atoms with Gasteiger partial charge in [-0.25, -0.2) is 0 Å². The van der Waals surface area contributed by atoms with Crippen LogP contribution in [0, 0.1) is 6.42 Å². The summed E-state index contributed by atoms with van der Waals surface area (Å²) in [5.74, 6) is 0. The minimum Gasteiger partial charge on any atom is -0.0617 e. The normalized spacial score (nSPS) is 12.9. The van der Waals surface area contributed by atoms with E-state index in [2.05, 4.69) is 73.1 Å². The number of rotatable bonds is 1. The number of hydrogen-bond donors (Lipinski definition) is 0. The summed E-state index contributed by atoms with van der Waals surface area (Å²) < 4.78 is 0. The first kappa shape index (κ1) is 13.3. The zero-order valence-corrected chi connectivity index (χ0v) is 11.8. The van der Waals surface area contributed by atoms with Gasteiger partial charge >= 0.3 is 0 Å². The maximum atomic E-state index is 2.30. The van der Waals surface area contributed by atoms with Crippen LogP contribution in [-0.4, -0.2) is 0 Å². The van der Waals surface area contributed by atoms with Crippen molar-refractivity contribution in [3.8, 4) is 0 Å². The van der Waals surface area contributed by atoms with Gasteiger partial charge in [-0.1, -0.05) is 66.7 Å². The van der Waals surface area contributed by atoms with Crippen LogP contribution in [-0.2, 0) is 10.8 Å². The topological polar surface area (TPSA) is 0 Å². The van der Waals surface area contributed by atoms with E-state index in [1.165, 1.54) is 16.7 Å². The Morgan fingerprint density at radius 1 is 0.875 bits per heavy atom. The second-order valence-corrected chi connectivity index (χ2v) is 6.56. The molecule has 0 fully saturated rings. The predicted molar refractivity (Wildman–Crippen MR) is 72.9 cm³/mol. The van der Waals surface area contributed by atoms with Gasteiger partial charge in [0.1, 0.15) is 0 Å². The van der Waals surface area contributed by atoms with Crippen molar-refractivity contribution in [1.82, 2.24) is 0 Å². The lowest BCUT2D eigenvalue weighted by molar-refractivity contribution is 0.528. The summed E-state index contributed by atoms with van der Waals surface area (Å²) in [6, 6.07) is 6.66. The van der Waals surface area contributed by atoms with Gasteiger partial charge in [0.25, 0.3) is 0 Å². The smallest absolute Gasteiger partial charge is 0.0121 e. The first-order valence-corrected chi connectivity index (χ1v) is 6.11. The molecule has 0 saturated carbocycles. The number of benzene rings is 1. The SMILES string of the molecule is C[CH]c1cccc(C(C)(C)C)c1C(C)(C)C. The van der Waals surface area contributed by atoms with Gasteiger partial charge in [0.2, 0.25) is 0 Å². The lowest BCUT2D eigenvalue weighted by Gasteiger charge is -2.32. The van der Waals surface area contributed by atoms with Gasteiger partial charge in [0.05, 0.1) is 0 Å². The Labute approximate surface area is 101 Å². The van der Waals surface area contributed by atoms with E-state index in [0.29, 0.717) is 0 Å². The van der Waals surface area contributed by atoms with E-state index in [4.69, 9.17) is 0 Å². The largest absolute Gasteiger partial charge is 0.0617 e. The lowest BCUT2D eigenvalue weighted by Crippen LogP contribution is -2.23. The minimum absolute atomic E-state index is 0.200. The molecule has 0 atom stereocenters. The van der Waals surface area contributed by atoms with Crippen LogP contribution in [0.15, 0.2) is 18.2 Å². The van der Waals surface area contributed by atoms with Gasteiger partial charge < -0.3 is 0 Å². The highest BCUT2D eigenvalue weighted by molar-refractivity contribution is 5.46. The molecule has 0 unspecified atom stereocenters. The molecular weight excluding hydrogens is 192 g/mol. The fraction of sp³-hybridized carbons (Fsp3) is 0.562. The van der Waals surface area contributed by atoms with Gasteiger partial charge in [0.15, 0.2) is 0 Å². The van der Waals surface area contributed by atoms with Crippen LogP contribution in [0.1, 0.15) is 65.2 Å². The van der Waals surface area contributed by atoms with E-state index in [9.17, 15) is 0 Å². The Kier molecular flexibility index (Phi) is 3.52. The molecule has 0 aliphatic heterocycles. The lowest BCUT2D eigenvalue weighted by atomic mass is 9.73. The zero-order valence-electron chi connectivity index (χ0n) is 11.8. The van der Waals surface area contributed by atoms with Crippen LogP contribution in [0.4, 0.5) is 0 Å². The Balaban J connectivity index is 3.51. The van der Waals surface area contributed by atoms with Crippen molar-refractivity contribution < 1.29 is 0 Å². The standard InChI is InChI=1S/C16H25/c1-8-12-10-9-11-13(15(2,3)4)14(12)16(5,6)7/h8-11H,1-7H3. The molecule has 0 spiro atoms. The molecule has 0 heterocycles. The minimum atomic E-state index is 0.200. The molecule has 1 aromatic rings. The van der Waals surface area contributed by atoms with E-state index in [-0.39, 0.29) is 10.8 Å². The van der Waals surface area contributed by atoms with E-state index in [0.717, 1.165) is 0 Å². The van der Waals surface area contributed by atoms with Gasteiger partial charge in [-0.05, 0) is 33.9 Å². The third-order valence-electron chi connectivity index (χ3n) is 2.97. The van der Waals surface area contributed by atoms with Crippen LogP contribution >= 0.6 is 0 Å². The molecule has 0 N–H and O–H groups in total. The van der Waals surface area contributed by atoms with E-state index >= 15 is 0 Å². The molecule has 1 radical (unpaired) electrons. The summed E-state index contributed by atoms with van der Waals surface area (Å²) in [7, 11) is 0. The molecule has 0 aliphatic rings. The quantitative estimate of drug-likeness (QED) is 0.630. The molecule has 0 nitrogen and oxygen atoms in total. The van der Waals surface area contributed by atoms with E-state index in [1.54, 1.807) is 0 Å². The van der Waals surface area contributed by atoms with Crippen molar-refractivity contribution in [2.24, 2.45) is 0 Å². The Hall–Kier alpha value is -0.780. The predicted octanol–water partition coefficient (Wildman–Crippen LogP) is 4.85. The molecule has 0 amide bonds. The molecule has 0 heteroatoms. The molecule has 16 heavy (non-hydrogen) atoms. The maximum absolute atomic E-state index is 2.30.